The fourth-order valence-corrected chi connectivity index (χ4v) is 5.63. The van der Waals surface area contributed by atoms with Gasteiger partial charge in [-0.05, 0) is 60.7 Å². The van der Waals surface area contributed by atoms with Crippen molar-refractivity contribution in [3.05, 3.63) is 90.0 Å². The van der Waals surface area contributed by atoms with Crippen LogP contribution in [0.4, 0.5) is 10.5 Å². The van der Waals surface area contributed by atoms with Gasteiger partial charge in [-0.2, -0.15) is 0 Å². The minimum atomic E-state index is -0.0471. The van der Waals surface area contributed by atoms with Crippen LogP contribution in [0, 0.1) is 6.92 Å². The van der Waals surface area contributed by atoms with Gasteiger partial charge in [0.15, 0.2) is 0 Å². The van der Waals surface area contributed by atoms with Crippen LogP contribution in [-0.2, 0) is 0 Å². The Bertz CT molecular complexity index is 1120. The van der Waals surface area contributed by atoms with E-state index in [-0.39, 0.29) is 30.6 Å². The molecule has 0 unspecified atom stereocenters. The predicted octanol–water partition coefficient (Wildman–Crippen LogP) is 5.12. The van der Waals surface area contributed by atoms with Crippen LogP contribution in [0.25, 0.3) is 11.1 Å². The maximum Gasteiger partial charge on any atom is 0.321 e. The number of urea groups is 1. The molecule has 2 aliphatic heterocycles. The molecule has 3 atom stereocenters. The molecular weight excluding hydrogens is 422 g/mol. The summed E-state index contributed by atoms with van der Waals surface area (Å²) >= 11 is 0. The average Bonchev–Trinajstić information content (AvgIpc) is 2.84. The quantitative estimate of drug-likeness (QED) is 0.574. The topological polar surface area (TPSA) is 55.8 Å². The summed E-state index contributed by atoms with van der Waals surface area (Å²) in [5.41, 5.74) is 5.77. The first-order valence-electron chi connectivity index (χ1n) is 12.3. The third kappa shape index (κ3) is 4.46. The van der Waals surface area contributed by atoms with Crippen LogP contribution in [0.5, 0.6) is 0 Å². The van der Waals surface area contributed by atoms with Crippen LogP contribution >= 0.6 is 0 Å². The number of anilines is 1. The highest BCUT2D eigenvalue weighted by molar-refractivity contribution is 5.89. The minimum Gasteiger partial charge on any atom is -0.395 e. The molecule has 0 aromatic heterocycles. The van der Waals surface area contributed by atoms with E-state index >= 15 is 0 Å². The number of amides is 2. The van der Waals surface area contributed by atoms with Crippen molar-refractivity contribution in [2.45, 2.75) is 37.8 Å². The van der Waals surface area contributed by atoms with Crippen LogP contribution in [-0.4, -0.2) is 59.3 Å². The molecule has 5 heteroatoms. The van der Waals surface area contributed by atoms with E-state index in [1.165, 1.54) is 22.3 Å². The number of aliphatic hydroxyl groups excluding tert-OH is 1. The van der Waals surface area contributed by atoms with Crippen LogP contribution < -0.4 is 5.32 Å². The molecule has 0 bridgehead atoms. The first kappa shape index (κ1) is 22.6. The van der Waals surface area contributed by atoms with Crippen molar-refractivity contribution in [3.8, 4) is 11.1 Å². The number of benzene rings is 3. The molecule has 34 heavy (non-hydrogen) atoms. The average molecular weight is 456 g/mol. The van der Waals surface area contributed by atoms with Crippen molar-refractivity contribution >= 4 is 11.7 Å². The molecule has 2 fully saturated rings. The summed E-state index contributed by atoms with van der Waals surface area (Å²) in [5, 5.41) is 13.3. The van der Waals surface area contributed by atoms with Crippen LogP contribution in [0.15, 0.2) is 78.9 Å². The lowest BCUT2D eigenvalue weighted by atomic mass is 9.74. The number of aryl methyl sites for hydroxylation is 1. The number of carbonyl (C=O) groups is 1. The van der Waals surface area contributed by atoms with Gasteiger partial charge < -0.3 is 15.3 Å². The van der Waals surface area contributed by atoms with Crippen molar-refractivity contribution in [3.63, 3.8) is 0 Å². The Labute approximate surface area is 202 Å². The molecule has 2 heterocycles. The summed E-state index contributed by atoms with van der Waals surface area (Å²) in [7, 11) is 0. The third-order valence-electron chi connectivity index (χ3n) is 7.43. The second-order valence-corrected chi connectivity index (χ2v) is 9.47. The van der Waals surface area contributed by atoms with Gasteiger partial charge in [-0.1, -0.05) is 66.7 Å². The van der Waals surface area contributed by atoms with Crippen molar-refractivity contribution in [1.82, 2.24) is 9.80 Å². The fourth-order valence-electron chi connectivity index (χ4n) is 5.63. The lowest BCUT2D eigenvalue weighted by molar-refractivity contribution is -0.0585. The van der Waals surface area contributed by atoms with E-state index in [0.717, 1.165) is 31.6 Å². The van der Waals surface area contributed by atoms with Crippen molar-refractivity contribution in [2.75, 3.05) is 31.6 Å². The van der Waals surface area contributed by atoms with Gasteiger partial charge in [0.25, 0.3) is 0 Å². The maximum absolute atomic E-state index is 13.1. The number of para-hydroxylation sites is 1. The van der Waals surface area contributed by atoms with Crippen molar-refractivity contribution in [1.29, 1.82) is 0 Å². The fraction of sp³-hybridized carbons (Fsp3) is 0.345. The molecule has 2 aliphatic rings. The SMILES string of the molecule is Cc1ccccc1-c1ccc([C@@H]2[C@H](CO)N3CCCCN(C(=O)Nc4ccccc4)C[C@@H]23)cc1. The van der Waals surface area contributed by atoms with E-state index < -0.39 is 0 Å². The van der Waals surface area contributed by atoms with Crippen LogP contribution in [0.2, 0.25) is 0 Å². The number of hydrogen-bond acceptors (Lipinski definition) is 3. The van der Waals surface area contributed by atoms with Crippen LogP contribution in [0.1, 0.15) is 29.9 Å². The predicted molar refractivity (Wildman–Crippen MR) is 137 cm³/mol. The zero-order valence-corrected chi connectivity index (χ0v) is 19.7. The van der Waals surface area contributed by atoms with Gasteiger partial charge >= 0.3 is 6.03 Å². The second kappa shape index (κ2) is 10.00. The highest BCUT2D eigenvalue weighted by atomic mass is 16.3. The Balaban J connectivity index is 1.36. The van der Waals surface area contributed by atoms with Gasteiger partial charge in [-0.3, -0.25) is 4.90 Å². The first-order valence-corrected chi connectivity index (χ1v) is 12.3. The Kier molecular flexibility index (Phi) is 6.66. The van der Waals surface area contributed by atoms with E-state index in [2.05, 4.69) is 65.7 Å². The summed E-state index contributed by atoms with van der Waals surface area (Å²) in [6, 6.07) is 27.1. The molecule has 0 aliphatic carbocycles. The largest absolute Gasteiger partial charge is 0.395 e. The molecular formula is C29H33N3O2. The standard InChI is InChI=1S/C29H33N3O2/c1-21-9-5-6-12-25(21)22-13-15-23(16-14-22)28-26-19-31(17-7-8-18-32(26)27(28)20-33)29(34)30-24-10-3-2-4-11-24/h2-6,9-16,26-28,33H,7-8,17-20H2,1H3,(H,30,34)/t26-,27-,28-/m0/s1. The summed E-state index contributed by atoms with van der Waals surface area (Å²) in [6.07, 6.45) is 2.00. The number of fused-ring (bicyclic) bond motifs is 1. The number of nitrogens with zero attached hydrogens (tertiary/aromatic N) is 2. The summed E-state index contributed by atoms with van der Waals surface area (Å²) in [4.78, 5) is 17.4. The Hall–Kier alpha value is -3.15. The molecule has 3 aromatic carbocycles. The number of nitrogens with one attached hydrogen (secondary N) is 1. The molecule has 0 saturated carbocycles. The van der Waals surface area contributed by atoms with Crippen LogP contribution in [0.3, 0.4) is 0 Å². The maximum atomic E-state index is 13.1. The number of hydrogen-bond donors (Lipinski definition) is 2. The first-order chi connectivity index (χ1) is 16.7. The summed E-state index contributed by atoms with van der Waals surface area (Å²) < 4.78 is 0. The minimum absolute atomic E-state index is 0.0471. The zero-order valence-electron chi connectivity index (χ0n) is 19.7. The van der Waals surface area contributed by atoms with Crippen molar-refractivity contribution in [2.24, 2.45) is 0 Å². The second-order valence-electron chi connectivity index (χ2n) is 9.47. The zero-order chi connectivity index (χ0) is 23.5. The molecule has 5 rings (SSSR count). The number of carbonyl (C=O) groups excluding carboxylic acids is 1. The Morgan fingerprint density at radius 3 is 2.38 bits per heavy atom. The van der Waals surface area contributed by atoms with E-state index in [1.54, 1.807) is 0 Å². The molecule has 5 nitrogen and oxygen atoms in total. The monoisotopic (exact) mass is 455 g/mol. The van der Waals surface area contributed by atoms with Crippen molar-refractivity contribution < 1.29 is 9.90 Å². The highest BCUT2D eigenvalue weighted by Crippen LogP contribution is 2.42. The summed E-state index contributed by atoms with van der Waals surface area (Å²) in [5.74, 6) is 0.209. The molecule has 2 saturated heterocycles. The van der Waals surface area contributed by atoms with Gasteiger partial charge in [-0.15, -0.1) is 0 Å². The molecule has 0 radical (unpaired) electrons. The Morgan fingerprint density at radius 1 is 0.941 bits per heavy atom. The highest BCUT2D eigenvalue weighted by Gasteiger charge is 2.49. The smallest absolute Gasteiger partial charge is 0.321 e. The Morgan fingerprint density at radius 2 is 1.65 bits per heavy atom. The normalized spacial score (nSPS) is 22.8. The van der Waals surface area contributed by atoms with E-state index in [9.17, 15) is 9.90 Å². The number of rotatable bonds is 4. The van der Waals surface area contributed by atoms with Gasteiger partial charge in [0.05, 0.1) is 6.61 Å². The van der Waals surface area contributed by atoms with Gasteiger partial charge in [0, 0.05) is 36.8 Å². The molecule has 176 valence electrons. The molecule has 3 aromatic rings. The van der Waals surface area contributed by atoms with Gasteiger partial charge in [0.2, 0.25) is 0 Å². The lowest BCUT2D eigenvalue weighted by Gasteiger charge is -2.57. The van der Waals surface area contributed by atoms with E-state index in [1.807, 2.05) is 35.2 Å². The van der Waals surface area contributed by atoms with Gasteiger partial charge in [-0.25, -0.2) is 4.79 Å². The molecule has 2 amide bonds. The lowest BCUT2D eigenvalue weighted by Crippen LogP contribution is -2.68. The van der Waals surface area contributed by atoms with Gasteiger partial charge in [0.1, 0.15) is 0 Å². The van der Waals surface area contributed by atoms with E-state index in [4.69, 9.17) is 0 Å². The summed E-state index contributed by atoms with van der Waals surface area (Å²) in [6.45, 7) is 4.67. The molecule has 0 spiro atoms. The van der Waals surface area contributed by atoms with E-state index in [0.29, 0.717) is 6.54 Å². The third-order valence-corrected chi connectivity index (χ3v) is 7.43. The molecule has 2 N–H and O–H groups in total. The number of aliphatic hydroxyl groups is 1.